The molecule has 17 heavy (non-hydrogen) atoms. The van der Waals surface area contributed by atoms with Gasteiger partial charge in [-0.15, -0.1) is 0 Å². The summed E-state index contributed by atoms with van der Waals surface area (Å²) in [5.41, 5.74) is 0. The Bertz CT molecular complexity index is 251. The number of carbonyl (C=O) groups excluding carboxylic acids is 1. The van der Waals surface area contributed by atoms with Gasteiger partial charge in [0.05, 0.1) is 6.04 Å². The van der Waals surface area contributed by atoms with Crippen molar-refractivity contribution in [1.82, 2.24) is 16.0 Å². The van der Waals surface area contributed by atoms with Crippen LogP contribution in [0.3, 0.4) is 0 Å². The minimum absolute atomic E-state index is 0.0221. The molecule has 3 unspecified atom stereocenters. The molecule has 0 bridgehead atoms. The van der Waals surface area contributed by atoms with E-state index in [0.29, 0.717) is 12.1 Å². The summed E-state index contributed by atoms with van der Waals surface area (Å²) in [6, 6.07) is 1.08. The number of carbonyl (C=O) groups is 1. The van der Waals surface area contributed by atoms with Crippen molar-refractivity contribution in [3.05, 3.63) is 0 Å². The van der Waals surface area contributed by atoms with E-state index in [1.54, 1.807) is 0 Å². The molecule has 2 saturated heterocycles. The summed E-state index contributed by atoms with van der Waals surface area (Å²) in [5, 5.41) is 9.97. The average Bonchev–Trinajstić information content (AvgIpc) is 2.71. The van der Waals surface area contributed by atoms with E-state index in [4.69, 9.17) is 0 Å². The third-order valence-corrected chi connectivity index (χ3v) is 3.82. The van der Waals surface area contributed by atoms with Crippen molar-refractivity contribution < 1.29 is 4.79 Å². The van der Waals surface area contributed by atoms with Crippen LogP contribution in [0.25, 0.3) is 0 Å². The average molecular weight is 239 g/mol. The highest BCUT2D eigenvalue weighted by atomic mass is 16.2. The van der Waals surface area contributed by atoms with Crippen LogP contribution in [-0.2, 0) is 4.79 Å². The topological polar surface area (TPSA) is 53.2 Å². The second kappa shape index (κ2) is 6.36. The van der Waals surface area contributed by atoms with Crippen molar-refractivity contribution in [3.63, 3.8) is 0 Å². The van der Waals surface area contributed by atoms with Crippen LogP contribution >= 0.6 is 0 Å². The molecular weight excluding hydrogens is 214 g/mol. The third-order valence-electron chi connectivity index (χ3n) is 3.82. The molecule has 2 aliphatic heterocycles. The van der Waals surface area contributed by atoms with Crippen molar-refractivity contribution >= 4 is 5.91 Å². The maximum atomic E-state index is 11.8. The first-order chi connectivity index (χ1) is 8.25. The van der Waals surface area contributed by atoms with Crippen LogP contribution in [0.5, 0.6) is 0 Å². The summed E-state index contributed by atoms with van der Waals surface area (Å²) in [6.07, 6.45) is 6.94. The van der Waals surface area contributed by atoms with Gasteiger partial charge in [-0.05, 0) is 52.0 Å². The predicted molar refractivity (Wildman–Crippen MR) is 68.9 cm³/mol. The summed E-state index contributed by atoms with van der Waals surface area (Å²) < 4.78 is 0. The van der Waals surface area contributed by atoms with E-state index in [2.05, 4.69) is 22.9 Å². The molecule has 0 aliphatic carbocycles. The van der Waals surface area contributed by atoms with Crippen molar-refractivity contribution in [2.75, 3.05) is 13.1 Å². The predicted octanol–water partition coefficient (Wildman–Crippen LogP) is 0.775. The highest BCUT2D eigenvalue weighted by molar-refractivity contribution is 5.81. The van der Waals surface area contributed by atoms with E-state index in [1.165, 1.54) is 12.8 Å². The molecular formula is C13H25N3O. The molecule has 0 radical (unpaired) electrons. The lowest BCUT2D eigenvalue weighted by Gasteiger charge is -2.23. The molecule has 2 rings (SSSR count). The van der Waals surface area contributed by atoms with Crippen molar-refractivity contribution in [3.8, 4) is 0 Å². The zero-order valence-electron chi connectivity index (χ0n) is 10.8. The Kier molecular flexibility index (Phi) is 4.80. The second-order valence-corrected chi connectivity index (χ2v) is 5.44. The van der Waals surface area contributed by atoms with Gasteiger partial charge in [-0.3, -0.25) is 4.79 Å². The number of amides is 1. The Morgan fingerprint density at radius 3 is 2.94 bits per heavy atom. The number of nitrogens with one attached hydrogen (secondary N) is 3. The first-order valence-electron chi connectivity index (χ1n) is 7.03. The van der Waals surface area contributed by atoms with Gasteiger partial charge in [-0.25, -0.2) is 0 Å². The summed E-state index contributed by atoms with van der Waals surface area (Å²) in [7, 11) is 0. The Morgan fingerprint density at radius 2 is 2.18 bits per heavy atom. The van der Waals surface area contributed by atoms with Gasteiger partial charge in [0, 0.05) is 18.6 Å². The SMILES string of the molecule is CC(CC1CCCN1)NC1CCCCNC1=O. The Hall–Kier alpha value is -0.610. The molecule has 3 atom stereocenters. The van der Waals surface area contributed by atoms with Crippen LogP contribution in [0.4, 0.5) is 0 Å². The highest BCUT2D eigenvalue weighted by Gasteiger charge is 2.24. The van der Waals surface area contributed by atoms with Crippen molar-refractivity contribution in [2.45, 2.75) is 63.6 Å². The fourth-order valence-electron chi connectivity index (χ4n) is 2.89. The number of hydrogen-bond donors (Lipinski definition) is 3. The van der Waals surface area contributed by atoms with Crippen molar-refractivity contribution in [2.24, 2.45) is 0 Å². The zero-order chi connectivity index (χ0) is 12.1. The summed E-state index contributed by atoms with van der Waals surface area (Å²) in [5.74, 6) is 0.189. The van der Waals surface area contributed by atoms with E-state index in [0.717, 1.165) is 38.8 Å². The van der Waals surface area contributed by atoms with Crippen LogP contribution in [0.15, 0.2) is 0 Å². The van der Waals surface area contributed by atoms with Gasteiger partial charge in [-0.2, -0.15) is 0 Å². The van der Waals surface area contributed by atoms with E-state index in [1.807, 2.05) is 0 Å². The van der Waals surface area contributed by atoms with Crippen LogP contribution in [0.1, 0.15) is 45.4 Å². The van der Waals surface area contributed by atoms with Crippen LogP contribution in [0.2, 0.25) is 0 Å². The maximum absolute atomic E-state index is 11.8. The first kappa shape index (κ1) is 12.8. The molecule has 3 N–H and O–H groups in total. The summed E-state index contributed by atoms with van der Waals surface area (Å²) in [6.45, 7) is 4.19. The molecule has 0 aromatic heterocycles. The lowest BCUT2D eigenvalue weighted by atomic mass is 10.0. The Labute approximate surface area is 104 Å². The van der Waals surface area contributed by atoms with E-state index in [9.17, 15) is 4.79 Å². The molecule has 1 amide bonds. The standard InChI is InChI=1S/C13H25N3O/c1-10(9-11-5-4-8-14-11)16-12-6-2-3-7-15-13(12)17/h10-12,14,16H,2-9H2,1H3,(H,15,17). The molecule has 2 aliphatic rings. The Balaban J connectivity index is 1.75. The molecule has 2 fully saturated rings. The molecule has 0 aromatic carbocycles. The van der Waals surface area contributed by atoms with Gasteiger partial charge < -0.3 is 16.0 Å². The van der Waals surface area contributed by atoms with Crippen LogP contribution in [0, 0.1) is 0 Å². The lowest BCUT2D eigenvalue weighted by molar-refractivity contribution is -0.123. The molecule has 98 valence electrons. The summed E-state index contributed by atoms with van der Waals surface area (Å²) >= 11 is 0. The smallest absolute Gasteiger partial charge is 0.237 e. The molecule has 0 aromatic rings. The monoisotopic (exact) mass is 239 g/mol. The van der Waals surface area contributed by atoms with E-state index in [-0.39, 0.29) is 11.9 Å². The van der Waals surface area contributed by atoms with Gasteiger partial charge in [-0.1, -0.05) is 0 Å². The van der Waals surface area contributed by atoms with Gasteiger partial charge >= 0.3 is 0 Å². The molecule has 4 heteroatoms. The van der Waals surface area contributed by atoms with E-state index >= 15 is 0 Å². The quantitative estimate of drug-likeness (QED) is 0.679. The van der Waals surface area contributed by atoms with Crippen molar-refractivity contribution in [1.29, 1.82) is 0 Å². The third kappa shape index (κ3) is 3.96. The molecule has 2 heterocycles. The molecule has 0 spiro atoms. The normalized spacial score (nSPS) is 31.9. The van der Waals surface area contributed by atoms with Crippen LogP contribution < -0.4 is 16.0 Å². The van der Waals surface area contributed by atoms with Gasteiger partial charge in [0.1, 0.15) is 0 Å². The molecule has 0 saturated carbocycles. The zero-order valence-corrected chi connectivity index (χ0v) is 10.8. The highest BCUT2D eigenvalue weighted by Crippen LogP contribution is 2.12. The largest absolute Gasteiger partial charge is 0.355 e. The number of rotatable bonds is 4. The Morgan fingerprint density at radius 1 is 1.29 bits per heavy atom. The summed E-state index contributed by atoms with van der Waals surface area (Å²) in [4.78, 5) is 11.8. The van der Waals surface area contributed by atoms with Gasteiger partial charge in [0.25, 0.3) is 0 Å². The minimum Gasteiger partial charge on any atom is -0.355 e. The molecule has 4 nitrogen and oxygen atoms in total. The minimum atomic E-state index is 0.0221. The maximum Gasteiger partial charge on any atom is 0.237 e. The van der Waals surface area contributed by atoms with E-state index < -0.39 is 0 Å². The first-order valence-corrected chi connectivity index (χ1v) is 7.03. The second-order valence-electron chi connectivity index (χ2n) is 5.44. The fourth-order valence-corrected chi connectivity index (χ4v) is 2.89. The van der Waals surface area contributed by atoms with Crippen LogP contribution in [-0.4, -0.2) is 37.1 Å². The number of hydrogen-bond acceptors (Lipinski definition) is 3. The lowest BCUT2D eigenvalue weighted by Crippen LogP contribution is -2.47. The van der Waals surface area contributed by atoms with Gasteiger partial charge in [0.2, 0.25) is 5.91 Å². The van der Waals surface area contributed by atoms with Gasteiger partial charge in [0.15, 0.2) is 0 Å². The fraction of sp³-hybridized carbons (Fsp3) is 0.923.